The van der Waals surface area contributed by atoms with Crippen LogP contribution in [0.5, 0.6) is 0 Å². The molecule has 7 rings (SSSR count). The molecular formula is C36H23Br. The molecule has 0 fully saturated rings. The first-order valence-electron chi connectivity index (χ1n) is 12.6. The van der Waals surface area contributed by atoms with Gasteiger partial charge in [0.25, 0.3) is 0 Å². The van der Waals surface area contributed by atoms with Gasteiger partial charge in [0.2, 0.25) is 0 Å². The summed E-state index contributed by atoms with van der Waals surface area (Å²) in [4.78, 5) is 0. The van der Waals surface area contributed by atoms with Gasteiger partial charge in [0.05, 0.1) is 0 Å². The summed E-state index contributed by atoms with van der Waals surface area (Å²) in [6.07, 6.45) is 0. The minimum absolute atomic E-state index is 1.09. The maximum atomic E-state index is 3.61. The lowest BCUT2D eigenvalue weighted by Gasteiger charge is -2.19. The summed E-state index contributed by atoms with van der Waals surface area (Å²) in [5.41, 5.74) is 7.54. The van der Waals surface area contributed by atoms with Gasteiger partial charge in [0, 0.05) is 4.47 Å². The summed E-state index contributed by atoms with van der Waals surface area (Å²) in [6, 6.07) is 50.6. The summed E-state index contributed by atoms with van der Waals surface area (Å²) >= 11 is 3.61. The average molecular weight is 535 g/mol. The van der Waals surface area contributed by atoms with Crippen molar-refractivity contribution in [3.63, 3.8) is 0 Å². The van der Waals surface area contributed by atoms with E-state index in [4.69, 9.17) is 0 Å². The Balaban J connectivity index is 1.65. The van der Waals surface area contributed by atoms with Gasteiger partial charge in [0.1, 0.15) is 0 Å². The zero-order valence-corrected chi connectivity index (χ0v) is 21.7. The van der Waals surface area contributed by atoms with E-state index in [0.29, 0.717) is 0 Å². The van der Waals surface area contributed by atoms with Crippen molar-refractivity contribution in [2.45, 2.75) is 0 Å². The topological polar surface area (TPSA) is 0 Å². The Hall–Kier alpha value is -4.20. The Morgan fingerprint density at radius 2 is 0.865 bits per heavy atom. The second-order valence-electron chi connectivity index (χ2n) is 9.46. The molecule has 0 aromatic heterocycles. The number of fused-ring (bicyclic) bond motifs is 3. The van der Waals surface area contributed by atoms with E-state index in [9.17, 15) is 0 Å². The predicted octanol–water partition coefficient (Wildman–Crippen LogP) is 10.9. The molecule has 0 bridgehead atoms. The molecule has 7 aromatic carbocycles. The predicted molar refractivity (Wildman–Crippen MR) is 163 cm³/mol. The van der Waals surface area contributed by atoms with Crippen LogP contribution in [0.25, 0.3) is 65.7 Å². The molecule has 0 aliphatic rings. The molecular weight excluding hydrogens is 512 g/mol. The van der Waals surface area contributed by atoms with Gasteiger partial charge in [-0.25, -0.2) is 0 Å². The van der Waals surface area contributed by atoms with Crippen molar-refractivity contribution in [2.75, 3.05) is 0 Å². The highest BCUT2D eigenvalue weighted by molar-refractivity contribution is 9.10. The number of halogens is 1. The van der Waals surface area contributed by atoms with E-state index in [0.717, 1.165) is 4.47 Å². The molecule has 7 aromatic rings. The Morgan fingerprint density at radius 1 is 0.351 bits per heavy atom. The normalized spacial score (nSPS) is 11.4. The van der Waals surface area contributed by atoms with Crippen molar-refractivity contribution in [3.05, 3.63) is 144 Å². The summed E-state index contributed by atoms with van der Waals surface area (Å²) in [6.45, 7) is 0. The quantitative estimate of drug-likeness (QED) is 0.198. The SMILES string of the molecule is Brc1ccc(-c2c3ccccc3c(-c3cc(-c4ccccc4)cc4ccccc34)c3ccccc23)cc1. The Labute approximate surface area is 225 Å². The van der Waals surface area contributed by atoms with Gasteiger partial charge in [-0.05, 0) is 90.0 Å². The standard InChI is InChI=1S/C36H23Br/c37-28-20-18-25(19-21-28)35-30-14-6-8-16-32(30)36(33-17-9-7-15-31(33)35)34-23-27(24-10-2-1-3-11-24)22-26-12-4-5-13-29(26)34/h1-23H. The van der Waals surface area contributed by atoms with Crippen LogP contribution in [0.3, 0.4) is 0 Å². The van der Waals surface area contributed by atoms with Crippen LogP contribution in [0.1, 0.15) is 0 Å². The van der Waals surface area contributed by atoms with E-state index in [1.54, 1.807) is 0 Å². The first-order valence-corrected chi connectivity index (χ1v) is 13.4. The molecule has 0 aliphatic heterocycles. The third kappa shape index (κ3) is 3.75. The van der Waals surface area contributed by atoms with Crippen LogP contribution in [0.2, 0.25) is 0 Å². The van der Waals surface area contributed by atoms with Crippen LogP contribution in [0.4, 0.5) is 0 Å². The monoisotopic (exact) mass is 534 g/mol. The molecule has 0 spiro atoms. The number of hydrogen-bond donors (Lipinski definition) is 0. The fraction of sp³-hybridized carbons (Fsp3) is 0. The molecule has 0 aliphatic carbocycles. The van der Waals surface area contributed by atoms with Crippen molar-refractivity contribution in [1.82, 2.24) is 0 Å². The highest BCUT2D eigenvalue weighted by Gasteiger charge is 2.18. The highest BCUT2D eigenvalue weighted by atomic mass is 79.9. The van der Waals surface area contributed by atoms with Gasteiger partial charge in [-0.3, -0.25) is 0 Å². The van der Waals surface area contributed by atoms with E-state index in [-0.39, 0.29) is 0 Å². The van der Waals surface area contributed by atoms with Crippen LogP contribution >= 0.6 is 15.9 Å². The van der Waals surface area contributed by atoms with Crippen molar-refractivity contribution < 1.29 is 0 Å². The van der Waals surface area contributed by atoms with Crippen molar-refractivity contribution >= 4 is 48.2 Å². The van der Waals surface area contributed by atoms with Crippen molar-refractivity contribution in [3.8, 4) is 33.4 Å². The van der Waals surface area contributed by atoms with Crippen LogP contribution < -0.4 is 0 Å². The largest absolute Gasteiger partial charge is 0.0622 e. The molecule has 0 saturated heterocycles. The first kappa shape index (κ1) is 22.0. The molecule has 0 heterocycles. The number of hydrogen-bond acceptors (Lipinski definition) is 0. The lowest BCUT2D eigenvalue weighted by atomic mass is 9.84. The van der Waals surface area contributed by atoms with Gasteiger partial charge in [-0.1, -0.05) is 131 Å². The first-order chi connectivity index (χ1) is 18.3. The van der Waals surface area contributed by atoms with Crippen LogP contribution in [-0.2, 0) is 0 Å². The zero-order chi connectivity index (χ0) is 24.8. The minimum atomic E-state index is 1.09. The summed E-state index contributed by atoms with van der Waals surface area (Å²) < 4.78 is 1.09. The minimum Gasteiger partial charge on any atom is -0.0622 e. The maximum absolute atomic E-state index is 3.61. The average Bonchev–Trinajstić information content (AvgIpc) is 2.96. The lowest BCUT2D eigenvalue weighted by Crippen LogP contribution is -1.92. The number of benzene rings is 7. The van der Waals surface area contributed by atoms with Gasteiger partial charge >= 0.3 is 0 Å². The third-order valence-corrected chi connectivity index (χ3v) is 7.83. The zero-order valence-electron chi connectivity index (χ0n) is 20.2. The molecule has 0 amide bonds. The highest BCUT2D eigenvalue weighted by Crippen LogP contribution is 2.46. The second-order valence-corrected chi connectivity index (χ2v) is 10.4. The van der Waals surface area contributed by atoms with Crippen LogP contribution in [-0.4, -0.2) is 0 Å². The lowest BCUT2D eigenvalue weighted by molar-refractivity contribution is 1.62. The van der Waals surface area contributed by atoms with Gasteiger partial charge in [0.15, 0.2) is 0 Å². The molecule has 37 heavy (non-hydrogen) atoms. The summed E-state index contributed by atoms with van der Waals surface area (Å²) in [5.74, 6) is 0. The van der Waals surface area contributed by atoms with E-state index in [2.05, 4.69) is 155 Å². The molecule has 0 N–H and O–H groups in total. The molecule has 0 saturated carbocycles. The van der Waals surface area contributed by atoms with Gasteiger partial charge in [-0.2, -0.15) is 0 Å². The van der Waals surface area contributed by atoms with E-state index in [1.165, 1.54) is 65.7 Å². The summed E-state index contributed by atoms with van der Waals surface area (Å²) in [7, 11) is 0. The number of rotatable bonds is 3. The summed E-state index contributed by atoms with van der Waals surface area (Å²) in [5, 5.41) is 7.61. The van der Waals surface area contributed by atoms with Gasteiger partial charge < -0.3 is 0 Å². The molecule has 174 valence electrons. The van der Waals surface area contributed by atoms with Crippen molar-refractivity contribution in [1.29, 1.82) is 0 Å². The van der Waals surface area contributed by atoms with Crippen LogP contribution in [0.15, 0.2) is 144 Å². The van der Waals surface area contributed by atoms with E-state index < -0.39 is 0 Å². The fourth-order valence-electron chi connectivity index (χ4n) is 5.66. The smallest absolute Gasteiger partial charge is 0.0175 e. The van der Waals surface area contributed by atoms with Crippen LogP contribution in [0, 0.1) is 0 Å². The van der Waals surface area contributed by atoms with E-state index >= 15 is 0 Å². The second kappa shape index (κ2) is 9.03. The van der Waals surface area contributed by atoms with E-state index in [1.807, 2.05) is 0 Å². The van der Waals surface area contributed by atoms with Gasteiger partial charge in [-0.15, -0.1) is 0 Å². The molecule has 0 atom stereocenters. The Morgan fingerprint density at radius 3 is 1.49 bits per heavy atom. The molecule has 0 unspecified atom stereocenters. The molecule has 0 radical (unpaired) electrons. The molecule has 1 heteroatoms. The Kier molecular flexibility index (Phi) is 5.38. The third-order valence-electron chi connectivity index (χ3n) is 7.30. The molecule has 0 nitrogen and oxygen atoms in total. The maximum Gasteiger partial charge on any atom is 0.0175 e. The van der Waals surface area contributed by atoms with Crippen molar-refractivity contribution in [2.24, 2.45) is 0 Å². The fourth-order valence-corrected chi connectivity index (χ4v) is 5.93. The Bertz CT molecular complexity index is 1860.